The Hall–Kier alpha value is -1.96. The number of rotatable bonds is 5. The molecule has 23 heavy (non-hydrogen) atoms. The van der Waals surface area contributed by atoms with Crippen molar-refractivity contribution in [2.75, 3.05) is 32.8 Å². The minimum Gasteiger partial charge on any atom is -0.497 e. The molecule has 128 valence electrons. The summed E-state index contributed by atoms with van der Waals surface area (Å²) < 4.78 is 33.5. The standard InChI is InChI=1S/C15H22N2O5S/c1-17(12-6-7-23(19,20)10-12)15(18)16-9-11-8-13(21-2)4-5-14(11)22-3/h4-5,8,12H,6-7,9-10H2,1-3H3,(H,16,18)/t12-/m1/s1. The predicted octanol–water partition coefficient (Wildman–Crippen LogP) is 1.03. The van der Waals surface area contributed by atoms with E-state index < -0.39 is 9.84 Å². The van der Waals surface area contributed by atoms with Gasteiger partial charge in [0.25, 0.3) is 0 Å². The van der Waals surface area contributed by atoms with Crippen LogP contribution in [0.3, 0.4) is 0 Å². The molecule has 0 unspecified atom stereocenters. The van der Waals surface area contributed by atoms with Gasteiger partial charge in [0.1, 0.15) is 11.5 Å². The maximum atomic E-state index is 12.2. The van der Waals surface area contributed by atoms with Gasteiger partial charge >= 0.3 is 6.03 Å². The Balaban J connectivity index is 1.99. The molecule has 1 aliphatic rings. The first-order chi connectivity index (χ1) is 10.9. The van der Waals surface area contributed by atoms with Crippen molar-refractivity contribution in [2.24, 2.45) is 0 Å². The first kappa shape index (κ1) is 17.4. The van der Waals surface area contributed by atoms with E-state index in [4.69, 9.17) is 9.47 Å². The van der Waals surface area contributed by atoms with Crippen LogP contribution in [0.15, 0.2) is 18.2 Å². The van der Waals surface area contributed by atoms with E-state index in [1.54, 1.807) is 39.5 Å². The molecule has 7 nitrogen and oxygen atoms in total. The normalized spacial score (nSPS) is 19.2. The highest BCUT2D eigenvalue weighted by Crippen LogP contribution is 2.24. The van der Waals surface area contributed by atoms with Gasteiger partial charge in [-0.1, -0.05) is 0 Å². The van der Waals surface area contributed by atoms with Gasteiger partial charge in [-0.25, -0.2) is 13.2 Å². The lowest BCUT2D eigenvalue weighted by atomic mass is 10.2. The minimum atomic E-state index is -3.02. The number of sulfone groups is 1. The van der Waals surface area contributed by atoms with Crippen molar-refractivity contribution in [1.29, 1.82) is 0 Å². The second kappa shape index (κ2) is 7.08. The van der Waals surface area contributed by atoms with Crippen molar-refractivity contribution in [3.05, 3.63) is 23.8 Å². The highest BCUT2D eigenvalue weighted by Gasteiger charge is 2.32. The number of hydrogen-bond acceptors (Lipinski definition) is 5. The van der Waals surface area contributed by atoms with Crippen molar-refractivity contribution in [3.63, 3.8) is 0 Å². The molecule has 1 atom stereocenters. The summed E-state index contributed by atoms with van der Waals surface area (Å²) in [4.78, 5) is 13.7. The van der Waals surface area contributed by atoms with Gasteiger partial charge in [-0.15, -0.1) is 0 Å². The van der Waals surface area contributed by atoms with E-state index in [0.29, 0.717) is 17.9 Å². The summed E-state index contributed by atoms with van der Waals surface area (Å²) in [6.07, 6.45) is 0.481. The van der Waals surface area contributed by atoms with Gasteiger partial charge in [0.05, 0.1) is 25.7 Å². The molecule has 0 bridgehead atoms. The Labute approximate surface area is 136 Å². The smallest absolute Gasteiger partial charge is 0.317 e. The zero-order valence-electron chi connectivity index (χ0n) is 13.5. The Morgan fingerprint density at radius 1 is 1.35 bits per heavy atom. The molecule has 2 rings (SSSR count). The third-order valence-corrected chi connectivity index (χ3v) is 5.74. The van der Waals surface area contributed by atoms with E-state index in [9.17, 15) is 13.2 Å². The number of benzene rings is 1. The zero-order chi connectivity index (χ0) is 17.0. The van der Waals surface area contributed by atoms with Crippen LogP contribution in [-0.2, 0) is 16.4 Å². The fourth-order valence-electron chi connectivity index (χ4n) is 2.56. The Morgan fingerprint density at radius 3 is 2.65 bits per heavy atom. The lowest BCUT2D eigenvalue weighted by Gasteiger charge is -2.24. The molecule has 1 aromatic carbocycles. The molecule has 1 heterocycles. The molecule has 0 spiro atoms. The summed E-state index contributed by atoms with van der Waals surface area (Å²) in [6, 6.07) is 4.76. The molecular weight excluding hydrogens is 320 g/mol. The maximum absolute atomic E-state index is 12.2. The lowest BCUT2D eigenvalue weighted by molar-refractivity contribution is 0.194. The second-order valence-electron chi connectivity index (χ2n) is 5.50. The van der Waals surface area contributed by atoms with Crippen LogP contribution in [0.25, 0.3) is 0 Å². The largest absolute Gasteiger partial charge is 0.497 e. The van der Waals surface area contributed by atoms with Gasteiger partial charge in [-0.05, 0) is 24.6 Å². The van der Waals surface area contributed by atoms with Gasteiger partial charge < -0.3 is 19.7 Å². The van der Waals surface area contributed by atoms with Crippen LogP contribution in [0, 0.1) is 0 Å². The number of urea groups is 1. The van der Waals surface area contributed by atoms with Crippen molar-refractivity contribution in [2.45, 2.75) is 19.0 Å². The number of amides is 2. The number of hydrogen-bond donors (Lipinski definition) is 1. The minimum absolute atomic E-state index is 0.0272. The molecule has 2 amide bonds. The quantitative estimate of drug-likeness (QED) is 0.864. The number of carbonyl (C=O) groups excluding carboxylic acids is 1. The molecule has 1 fully saturated rings. The number of nitrogens with one attached hydrogen (secondary N) is 1. The highest BCUT2D eigenvalue weighted by atomic mass is 32.2. The predicted molar refractivity (Wildman–Crippen MR) is 86.6 cm³/mol. The summed E-state index contributed by atoms with van der Waals surface area (Å²) >= 11 is 0. The monoisotopic (exact) mass is 342 g/mol. The molecule has 1 aromatic rings. The summed E-state index contributed by atoms with van der Waals surface area (Å²) in [5, 5.41) is 2.79. The van der Waals surface area contributed by atoms with Gasteiger partial charge in [0.2, 0.25) is 0 Å². The Kier molecular flexibility index (Phi) is 5.35. The van der Waals surface area contributed by atoms with E-state index >= 15 is 0 Å². The third kappa shape index (κ3) is 4.28. The average Bonchev–Trinajstić information content (AvgIpc) is 2.91. The van der Waals surface area contributed by atoms with Crippen LogP contribution < -0.4 is 14.8 Å². The van der Waals surface area contributed by atoms with Gasteiger partial charge in [-0.2, -0.15) is 0 Å². The molecule has 8 heteroatoms. The summed E-state index contributed by atoms with van der Waals surface area (Å²) in [7, 11) is 1.72. The van der Waals surface area contributed by atoms with E-state index in [1.807, 2.05) is 0 Å². The molecular formula is C15H22N2O5S. The van der Waals surface area contributed by atoms with Crippen LogP contribution in [-0.4, -0.2) is 58.2 Å². The number of nitrogens with zero attached hydrogens (tertiary/aromatic N) is 1. The van der Waals surface area contributed by atoms with E-state index in [0.717, 1.165) is 5.56 Å². The van der Waals surface area contributed by atoms with Crippen LogP contribution in [0.2, 0.25) is 0 Å². The number of ether oxygens (including phenoxy) is 2. The summed E-state index contributed by atoms with van der Waals surface area (Å²) in [5.41, 5.74) is 0.785. The molecule has 1 N–H and O–H groups in total. The van der Waals surface area contributed by atoms with Gasteiger partial charge in [0, 0.05) is 25.2 Å². The van der Waals surface area contributed by atoms with Crippen LogP contribution in [0.4, 0.5) is 4.79 Å². The topological polar surface area (TPSA) is 84.9 Å². The van der Waals surface area contributed by atoms with Gasteiger partial charge in [0.15, 0.2) is 9.84 Å². The van der Waals surface area contributed by atoms with Crippen LogP contribution in [0.5, 0.6) is 11.5 Å². The fourth-order valence-corrected chi connectivity index (χ4v) is 4.34. The average molecular weight is 342 g/mol. The first-order valence-corrected chi connectivity index (χ1v) is 9.10. The Morgan fingerprint density at radius 2 is 2.09 bits per heavy atom. The zero-order valence-corrected chi connectivity index (χ0v) is 14.4. The van der Waals surface area contributed by atoms with Crippen molar-refractivity contribution in [1.82, 2.24) is 10.2 Å². The second-order valence-corrected chi connectivity index (χ2v) is 7.73. The maximum Gasteiger partial charge on any atom is 0.317 e. The van der Waals surface area contributed by atoms with Crippen molar-refractivity contribution in [3.8, 4) is 11.5 Å². The number of methoxy groups -OCH3 is 2. The van der Waals surface area contributed by atoms with Crippen molar-refractivity contribution < 1.29 is 22.7 Å². The molecule has 1 saturated heterocycles. The van der Waals surface area contributed by atoms with Gasteiger partial charge in [-0.3, -0.25) is 0 Å². The molecule has 0 saturated carbocycles. The third-order valence-electron chi connectivity index (χ3n) is 3.99. The van der Waals surface area contributed by atoms with E-state index in [-0.39, 0.29) is 30.1 Å². The molecule has 1 aliphatic heterocycles. The molecule has 0 radical (unpaired) electrons. The van der Waals surface area contributed by atoms with E-state index in [1.165, 1.54) is 4.90 Å². The number of carbonyl (C=O) groups is 1. The highest BCUT2D eigenvalue weighted by molar-refractivity contribution is 7.91. The Bertz CT molecular complexity index is 674. The SMILES string of the molecule is COc1ccc(OC)c(CNC(=O)N(C)[C@@H]2CCS(=O)(=O)C2)c1. The summed E-state index contributed by atoms with van der Waals surface area (Å²) in [6.45, 7) is 0.267. The van der Waals surface area contributed by atoms with Crippen LogP contribution >= 0.6 is 0 Å². The molecule has 0 aliphatic carbocycles. The van der Waals surface area contributed by atoms with Crippen molar-refractivity contribution >= 4 is 15.9 Å². The molecule has 0 aromatic heterocycles. The first-order valence-electron chi connectivity index (χ1n) is 7.28. The van der Waals surface area contributed by atoms with E-state index in [2.05, 4.69) is 5.32 Å². The fraction of sp³-hybridized carbons (Fsp3) is 0.533. The van der Waals surface area contributed by atoms with Crippen LogP contribution in [0.1, 0.15) is 12.0 Å². The summed E-state index contributed by atoms with van der Waals surface area (Å²) in [5.74, 6) is 1.49. The lowest BCUT2D eigenvalue weighted by Crippen LogP contribution is -2.43.